The Balaban J connectivity index is 3.49. The number of nitrogen functional groups attached to an aromatic ring is 1. The van der Waals surface area contributed by atoms with E-state index >= 15 is 0 Å². The molecule has 0 aliphatic carbocycles. The lowest BCUT2D eigenvalue weighted by Crippen LogP contribution is -2.15. The first kappa shape index (κ1) is 11.0. The van der Waals surface area contributed by atoms with Crippen LogP contribution in [0.15, 0.2) is 12.1 Å². The average Bonchev–Trinajstić information content (AvgIpc) is 2.15. The lowest BCUT2D eigenvalue weighted by molar-refractivity contribution is 0.0696. The van der Waals surface area contributed by atoms with Gasteiger partial charge in [-0.2, -0.15) is 0 Å². The van der Waals surface area contributed by atoms with Gasteiger partial charge in [-0.15, -0.1) is 0 Å². The Kier molecular flexibility index (Phi) is 2.91. The van der Waals surface area contributed by atoms with Crippen molar-refractivity contribution in [1.29, 1.82) is 0 Å². The van der Waals surface area contributed by atoms with E-state index in [0.29, 0.717) is 0 Å². The minimum Gasteiger partial charge on any atom is -0.478 e. The molecule has 1 aromatic carbocycles. The smallest absolute Gasteiger partial charge is 0.338 e. The van der Waals surface area contributed by atoms with Crippen molar-refractivity contribution in [1.82, 2.24) is 0 Å². The van der Waals surface area contributed by atoms with Crippen molar-refractivity contribution >= 4 is 17.6 Å². The molecule has 0 saturated carbocycles. The highest BCUT2D eigenvalue weighted by atomic mass is 16.4. The molecule has 6 nitrogen and oxygen atoms in total. The Hall–Kier alpha value is -2.08. The van der Waals surface area contributed by atoms with Crippen LogP contribution >= 0.6 is 0 Å². The highest BCUT2D eigenvalue weighted by molar-refractivity contribution is 6.00. The second-order valence-electron chi connectivity index (χ2n) is 2.92. The molecule has 0 saturated heterocycles. The molecule has 0 fully saturated rings. The highest BCUT2D eigenvalue weighted by Gasteiger charge is 2.18. The Labute approximate surface area is 85.3 Å². The number of carbonyl (C=O) groups is 2. The lowest BCUT2D eigenvalue weighted by Gasteiger charge is -2.10. The van der Waals surface area contributed by atoms with Crippen molar-refractivity contribution in [3.05, 3.63) is 28.8 Å². The lowest BCUT2D eigenvalue weighted by atomic mass is 10.0. The molecule has 1 aromatic rings. The number of benzene rings is 1. The fourth-order valence-electron chi connectivity index (χ4n) is 1.34. The summed E-state index contributed by atoms with van der Waals surface area (Å²) in [5.41, 5.74) is 2.39. The van der Waals surface area contributed by atoms with Crippen molar-refractivity contribution in [2.75, 3.05) is 5.43 Å². The van der Waals surface area contributed by atoms with Gasteiger partial charge in [-0.3, -0.25) is 5.84 Å². The molecule has 5 N–H and O–H groups in total. The summed E-state index contributed by atoms with van der Waals surface area (Å²) >= 11 is 0. The van der Waals surface area contributed by atoms with Crippen molar-refractivity contribution in [3.8, 4) is 0 Å². The number of anilines is 1. The molecule has 1 rings (SSSR count). The number of nitrogens with two attached hydrogens (primary N) is 1. The largest absolute Gasteiger partial charge is 0.478 e. The van der Waals surface area contributed by atoms with Gasteiger partial charge in [0.25, 0.3) is 0 Å². The topological polar surface area (TPSA) is 113 Å². The monoisotopic (exact) mass is 210 g/mol. The predicted octanol–water partition coefficient (Wildman–Crippen LogP) is 0.677. The fourth-order valence-corrected chi connectivity index (χ4v) is 1.34. The van der Waals surface area contributed by atoms with Crippen LogP contribution < -0.4 is 11.3 Å². The summed E-state index contributed by atoms with van der Waals surface area (Å²) in [5.74, 6) is 2.74. The first-order valence-electron chi connectivity index (χ1n) is 4.05. The maximum atomic E-state index is 10.9. The number of hydrogen-bond acceptors (Lipinski definition) is 4. The molecule has 0 amide bonds. The van der Waals surface area contributed by atoms with Gasteiger partial charge in [-0.25, -0.2) is 9.59 Å². The van der Waals surface area contributed by atoms with Gasteiger partial charge in [-0.1, -0.05) is 0 Å². The molecule has 0 spiro atoms. The number of nitrogens with one attached hydrogen (secondary N) is 1. The fraction of sp³-hybridized carbons (Fsp3) is 0.111. The van der Waals surface area contributed by atoms with Crippen LogP contribution in [-0.2, 0) is 0 Å². The zero-order chi connectivity index (χ0) is 11.6. The standard InChI is InChI=1S/C9H10N2O4/c1-4-5(8(12)13)2-3-6(11-10)7(4)9(14)15/h2-3,11H,10H2,1H3,(H,12,13)(H,14,15). The molecule has 0 aliphatic rings. The van der Waals surface area contributed by atoms with Crippen molar-refractivity contribution in [3.63, 3.8) is 0 Å². The third-order valence-electron chi connectivity index (χ3n) is 2.06. The third kappa shape index (κ3) is 1.89. The Bertz CT molecular complexity index is 428. The molecule has 0 aliphatic heterocycles. The molecule has 0 atom stereocenters. The van der Waals surface area contributed by atoms with Crippen LogP contribution in [0.5, 0.6) is 0 Å². The average molecular weight is 210 g/mol. The SMILES string of the molecule is Cc1c(C(=O)O)ccc(NN)c1C(=O)O. The summed E-state index contributed by atoms with van der Waals surface area (Å²) in [5, 5.41) is 17.7. The van der Waals surface area contributed by atoms with Crippen LogP contribution in [0.3, 0.4) is 0 Å². The summed E-state index contributed by atoms with van der Waals surface area (Å²) in [4.78, 5) is 21.6. The number of hydrogen-bond donors (Lipinski definition) is 4. The first-order chi connectivity index (χ1) is 6.99. The van der Waals surface area contributed by atoms with Crippen LogP contribution in [0.25, 0.3) is 0 Å². The van der Waals surface area contributed by atoms with Gasteiger partial charge < -0.3 is 15.6 Å². The van der Waals surface area contributed by atoms with E-state index in [-0.39, 0.29) is 22.4 Å². The van der Waals surface area contributed by atoms with Gasteiger partial charge >= 0.3 is 11.9 Å². The van der Waals surface area contributed by atoms with Crippen LogP contribution in [0.2, 0.25) is 0 Å². The van der Waals surface area contributed by atoms with E-state index in [2.05, 4.69) is 5.43 Å². The second kappa shape index (κ2) is 3.97. The van der Waals surface area contributed by atoms with E-state index in [4.69, 9.17) is 16.1 Å². The van der Waals surface area contributed by atoms with Crippen LogP contribution in [0.4, 0.5) is 5.69 Å². The summed E-state index contributed by atoms with van der Waals surface area (Å²) in [7, 11) is 0. The summed E-state index contributed by atoms with van der Waals surface area (Å²) in [6, 6.07) is 2.62. The molecule has 0 unspecified atom stereocenters. The number of rotatable bonds is 3. The minimum absolute atomic E-state index is 0.0496. The van der Waals surface area contributed by atoms with Gasteiger partial charge in [0.1, 0.15) is 0 Å². The van der Waals surface area contributed by atoms with E-state index in [1.165, 1.54) is 19.1 Å². The maximum Gasteiger partial charge on any atom is 0.338 e. The first-order valence-corrected chi connectivity index (χ1v) is 4.05. The molecular weight excluding hydrogens is 200 g/mol. The number of aromatic carboxylic acids is 2. The quantitative estimate of drug-likeness (QED) is 0.431. The number of hydrazine groups is 1. The third-order valence-corrected chi connectivity index (χ3v) is 2.06. The Morgan fingerprint density at radius 3 is 2.27 bits per heavy atom. The summed E-state index contributed by atoms with van der Waals surface area (Å²) in [6.07, 6.45) is 0. The van der Waals surface area contributed by atoms with Crippen LogP contribution in [0.1, 0.15) is 26.3 Å². The van der Waals surface area contributed by atoms with E-state index in [0.717, 1.165) is 0 Å². The Morgan fingerprint density at radius 1 is 1.27 bits per heavy atom. The Morgan fingerprint density at radius 2 is 1.87 bits per heavy atom. The zero-order valence-electron chi connectivity index (χ0n) is 7.94. The molecule has 15 heavy (non-hydrogen) atoms. The second-order valence-corrected chi connectivity index (χ2v) is 2.92. The van der Waals surface area contributed by atoms with E-state index < -0.39 is 11.9 Å². The van der Waals surface area contributed by atoms with E-state index in [9.17, 15) is 9.59 Å². The maximum absolute atomic E-state index is 10.9. The molecule has 0 aromatic heterocycles. The zero-order valence-corrected chi connectivity index (χ0v) is 7.94. The van der Waals surface area contributed by atoms with Gasteiger partial charge in [0.2, 0.25) is 0 Å². The van der Waals surface area contributed by atoms with Crippen molar-refractivity contribution < 1.29 is 19.8 Å². The van der Waals surface area contributed by atoms with Gasteiger partial charge in [-0.05, 0) is 24.6 Å². The molecule has 80 valence electrons. The van der Waals surface area contributed by atoms with Crippen LogP contribution in [-0.4, -0.2) is 22.2 Å². The molecule has 6 heteroatoms. The van der Waals surface area contributed by atoms with Gasteiger partial charge in [0.15, 0.2) is 0 Å². The normalized spacial score (nSPS) is 9.73. The summed E-state index contributed by atoms with van der Waals surface area (Å²) in [6.45, 7) is 1.42. The minimum atomic E-state index is -1.22. The summed E-state index contributed by atoms with van der Waals surface area (Å²) < 4.78 is 0. The number of carboxylic acids is 2. The van der Waals surface area contributed by atoms with Gasteiger partial charge in [0, 0.05) is 0 Å². The van der Waals surface area contributed by atoms with Gasteiger partial charge in [0.05, 0.1) is 16.8 Å². The number of carboxylic acid groups (broad SMARTS) is 2. The highest BCUT2D eigenvalue weighted by Crippen LogP contribution is 2.22. The molecule has 0 bridgehead atoms. The van der Waals surface area contributed by atoms with Crippen LogP contribution in [0, 0.1) is 6.92 Å². The van der Waals surface area contributed by atoms with E-state index in [1.807, 2.05) is 0 Å². The molecule has 0 radical (unpaired) electrons. The molecular formula is C9H10N2O4. The molecule has 0 heterocycles. The van der Waals surface area contributed by atoms with E-state index in [1.54, 1.807) is 0 Å². The van der Waals surface area contributed by atoms with Crippen molar-refractivity contribution in [2.24, 2.45) is 5.84 Å². The van der Waals surface area contributed by atoms with Crippen molar-refractivity contribution in [2.45, 2.75) is 6.92 Å². The predicted molar refractivity (Wildman–Crippen MR) is 52.9 cm³/mol.